The second-order valence-electron chi connectivity index (χ2n) is 8.05. The molecule has 1 fully saturated rings. The number of hydrogen-bond donors (Lipinski definition) is 1. The summed E-state index contributed by atoms with van der Waals surface area (Å²) in [5.41, 5.74) is 2.20. The van der Waals surface area contributed by atoms with E-state index < -0.39 is 6.04 Å². The van der Waals surface area contributed by atoms with Gasteiger partial charge in [0.1, 0.15) is 11.9 Å². The van der Waals surface area contributed by atoms with Crippen LogP contribution in [0.15, 0.2) is 30.3 Å². The fourth-order valence-electron chi connectivity index (χ4n) is 4.35. The molecule has 1 aliphatic carbocycles. The van der Waals surface area contributed by atoms with Crippen molar-refractivity contribution < 1.29 is 14.0 Å². The molecular formula is C23H27FN2O2S. The third-order valence-corrected chi connectivity index (χ3v) is 7.30. The molecule has 0 bridgehead atoms. The largest absolute Gasteiger partial charge is 0.340 e. The number of rotatable bonds is 4. The molecule has 1 aromatic heterocycles. The van der Waals surface area contributed by atoms with Gasteiger partial charge in [-0.1, -0.05) is 18.6 Å². The molecule has 1 aromatic carbocycles. The van der Waals surface area contributed by atoms with Gasteiger partial charge in [-0.05, 0) is 74.8 Å². The number of benzene rings is 1. The zero-order valence-electron chi connectivity index (χ0n) is 16.7. The Bertz CT molecular complexity index is 869. The molecular weight excluding hydrogens is 387 g/mol. The number of nitrogens with zero attached hydrogens (tertiary/aromatic N) is 1. The number of carbonyl (C=O) groups excluding carboxylic acids is 2. The average Bonchev–Trinajstić information content (AvgIpc) is 3.00. The maximum Gasteiger partial charge on any atom is 0.262 e. The average molecular weight is 415 g/mol. The number of aryl methyl sites for hydroxylation is 2. The fourth-order valence-corrected chi connectivity index (χ4v) is 5.50. The maximum atomic E-state index is 13.2. The number of amides is 2. The van der Waals surface area contributed by atoms with Crippen LogP contribution in [-0.4, -0.2) is 29.3 Å². The summed E-state index contributed by atoms with van der Waals surface area (Å²) in [6, 6.07) is 7.64. The first-order valence-electron chi connectivity index (χ1n) is 10.5. The Balaban J connectivity index is 1.44. The van der Waals surface area contributed by atoms with Gasteiger partial charge in [0.05, 0.1) is 10.9 Å². The normalized spacial score (nSPS) is 20.7. The zero-order valence-corrected chi connectivity index (χ0v) is 17.6. The van der Waals surface area contributed by atoms with Gasteiger partial charge < -0.3 is 10.2 Å². The van der Waals surface area contributed by atoms with Gasteiger partial charge in [-0.25, -0.2) is 4.39 Å². The quantitative estimate of drug-likeness (QED) is 0.741. The second kappa shape index (κ2) is 8.66. The lowest BCUT2D eigenvalue weighted by atomic mass is 9.99. The SMILES string of the molecule is CC(c1ccc(F)cc1)N1CCCC(NC(=O)c2cc3c(s2)CCCCC3)C1=O. The van der Waals surface area contributed by atoms with Crippen LogP contribution in [0, 0.1) is 5.82 Å². The first-order chi connectivity index (χ1) is 14.0. The summed E-state index contributed by atoms with van der Waals surface area (Å²) in [6.45, 7) is 2.60. The molecule has 2 atom stereocenters. The topological polar surface area (TPSA) is 49.4 Å². The number of carbonyl (C=O) groups is 2. The Morgan fingerprint density at radius 1 is 1.17 bits per heavy atom. The molecule has 2 unspecified atom stereocenters. The highest BCUT2D eigenvalue weighted by Crippen LogP contribution is 2.30. The molecule has 2 amide bonds. The van der Waals surface area contributed by atoms with Crippen LogP contribution in [0.25, 0.3) is 0 Å². The van der Waals surface area contributed by atoms with Crippen LogP contribution in [0.4, 0.5) is 4.39 Å². The molecule has 1 N–H and O–H groups in total. The van der Waals surface area contributed by atoms with Crippen molar-refractivity contribution in [2.75, 3.05) is 6.54 Å². The summed E-state index contributed by atoms with van der Waals surface area (Å²) < 4.78 is 13.2. The van der Waals surface area contributed by atoms with Gasteiger partial charge in [0.25, 0.3) is 5.91 Å². The minimum atomic E-state index is -0.499. The standard InChI is InChI=1S/C23H27FN2O2S/c1-15(16-9-11-18(24)12-10-16)26-13-5-7-19(23(26)28)25-22(27)21-14-17-6-3-2-4-8-20(17)29-21/h9-12,14-15,19H,2-8,13H2,1H3,(H,25,27). The number of likely N-dealkylation sites (tertiary alicyclic amines) is 1. The summed E-state index contributed by atoms with van der Waals surface area (Å²) in [5.74, 6) is -0.484. The predicted octanol–water partition coefficient (Wildman–Crippen LogP) is 4.64. The number of halogens is 1. The molecule has 0 spiro atoms. The van der Waals surface area contributed by atoms with Crippen molar-refractivity contribution in [2.24, 2.45) is 0 Å². The van der Waals surface area contributed by atoms with Crippen molar-refractivity contribution in [1.82, 2.24) is 10.2 Å². The summed E-state index contributed by atoms with van der Waals surface area (Å²) in [5, 5.41) is 2.98. The monoisotopic (exact) mass is 414 g/mol. The van der Waals surface area contributed by atoms with E-state index in [-0.39, 0.29) is 23.7 Å². The summed E-state index contributed by atoms with van der Waals surface area (Å²) in [7, 11) is 0. The van der Waals surface area contributed by atoms with Crippen LogP contribution in [-0.2, 0) is 17.6 Å². The van der Waals surface area contributed by atoms with Crippen molar-refractivity contribution in [3.63, 3.8) is 0 Å². The first kappa shape index (κ1) is 20.1. The van der Waals surface area contributed by atoms with E-state index in [0.717, 1.165) is 24.8 Å². The van der Waals surface area contributed by atoms with Crippen molar-refractivity contribution in [1.29, 1.82) is 0 Å². The Morgan fingerprint density at radius 2 is 1.93 bits per heavy atom. The van der Waals surface area contributed by atoms with E-state index in [9.17, 15) is 14.0 Å². The molecule has 29 heavy (non-hydrogen) atoms. The molecule has 4 nitrogen and oxygen atoms in total. The lowest BCUT2D eigenvalue weighted by molar-refractivity contribution is -0.138. The van der Waals surface area contributed by atoms with Gasteiger partial charge in [-0.15, -0.1) is 11.3 Å². The first-order valence-corrected chi connectivity index (χ1v) is 11.3. The molecule has 2 heterocycles. The van der Waals surface area contributed by atoms with E-state index in [1.54, 1.807) is 28.4 Å². The second-order valence-corrected chi connectivity index (χ2v) is 9.18. The zero-order chi connectivity index (χ0) is 20.4. The highest BCUT2D eigenvalue weighted by atomic mass is 32.1. The summed E-state index contributed by atoms with van der Waals surface area (Å²) >= 11 is 1.58. The van der Waals surface area contributed by atoms with Gasteiger partial charge >= 0.3 is 0 Å². The molecule has 154 valence electrons. The minimum Gasteiger partial charge on any atom is -0.340 e. The Morgan fingerprint density at radius 3 is 2.72 bits per heavy atom. The summed E-state index contributed by atoms with van der Waals surface area (Å²) in [4.78, 5) is 29.7. The third-order valence-electron chi connectivity index (χ3n) is 6.07. The van der Waals surface area contributed by atoms with Crippen LogP contribution in [0.2, 0.25) is 0 Å². The lowest BCUT2D eigenvalue weighted by Gasteiger charge is -2.37. The molecule has 6 heteroatoms. The van der Waals surface area contributed by atoms with E-state index in [4.69, 9.17) is 0 Å². The van der Waals surface area contributed by atoms with Crippen LogP contribution >= 0.6 is 11.3 Å². The van der Waals surface area contributed by atoms with Gasteiger partial charge in [-0.2, -0.15) is 0 Å². The van der Waals surface area contributed by atoms with Crippen molar-refractivity contribution in [3.05, 3.63) is 57.0 Å². The van der Waals surface area contributed by atoms with Crippen molar-refractivity contribution >= 4 is 23.2 Å². The Kier molecular flexibility index (Phi) is 5.99. The Hall–Kier alpha value is -2.21. The van der Waals surface area contributed by atoms with E-state index in [2.05, 4.69) is 5.32 Å². The lowest BCUT2D eigenvalue weighted by Crippen LogP contribution is -2.52. The van der Waals surface area contributed by atoms with Crippen molar-refractivity contribution in [2.45, 2.75) is 64.0 Å². The van der Waals surface area contributed by atoms with E-state index >= 15 is 0 Å². The van der Waals surface area contributed by atoms with Crippen LogP contribution in [0.1, 0.15) is 70.7 Å². The minimum absolute atomic E-state index is 0.0560. The van der Waals surface area contributed by atoms with Crippen molar-refractivity contribution in [3.8, 4) is 0 Å². The third kappa shape index (κ3) is 4.37. The van der Waals surface area contributed by atoms with E-state index in [0.29, 0.717) is 17.8 Å². The number of thiophene rings is 1. The fraction of sp³-hybridized carbons (Fsp3) is 0.478. The highest BCUT2D eigenvalue weighted by molar-refractivity contribution is 7.14. The number of hydrogen-bond acceptors (Lipinski definition) is 3. The van der Waals surface area contributed by atoms with E-state index in [1.807, 2.05) is 13.0 Å². The number of nitrogens with one attached hydrogen (secondary N) is 1. The molecule has 0 saturated carbocycles. The molecule has 4 rings (SSSR count). The van der Waals surface area contributed by atoms with Crippen LogP contribution < -0.4 is 5.32 Å². The molecule has 0 radical (unpaired) electrons. The number of piperidine rings is 1. The van der Waals surface area contributed by atoms with Gasteiger partial charge in [-0.3, -0.25) is 9.59 Å². The Labute approximate surface area is 175 Å². The molecule has 1 aliphatic heterocycles. The van der Waals surface area contributed by atoms with Crippen LogP contribution in [0.5, 0.6) is 0 Å². The van der Waals surface area contributed by atoms with Crippen LogP contribution in [0.3, 0.4) is 0 Å². The van der Waals surface area contributed by atoms with Gasteiger partial charge in [0.15, 0.2) is 0 Å². The highest BCUT2D eigenvalue weighted by Gasteiger charge is 2.33. The maximum absolute atomic E-state index is 13.2. The van der Waals surface area contributed by atoms with Gasteiger partial charge in [0, 0.05) is 11.4 Å². The number of fused-ring (bicyclic) bond motifs is 1. The smallest absolute Gasteiger partial charge is 0.262 e. The summed E-state index contributed by atoms with van der Waals surface area (Å²) in [6.07, 6.45) is 7.21. The predicted molar refractivity (Wildman–Crippen MR) is 113 cm³/mol. The van der Waals surface area contributed by atoms with Gasteiger partial charge in [0.2, 0.25) is 5.91 Å². The molecule has 1 saturated heterocycles. The van der Waals surface area contributed by atoms with E-state index in [1.165, 1.54) is 41.8 Å². The molecule has 2 aromatic rings. The molecule has 2 aliphatic rings.